The molecule has 3 aromatic rings. The highest BCUT2D eigenvalue weighted by molar-refractivity contribution is 7.91. The molecule has 0 radical (unpaired) electrons. The van der Waals surface area contributed by atoms with Gasteiger partial charge in [-0.2, -0.15) is 0 Å². The van der Waals surface area contributed by atoms with Crippen LogP contribution >= 0.6 is 11.3 Å². The molecule has 0 spiro atoms. The van der Waals surface area contributed by atoms with E-state index >= 15 is 0 Å². The fraction of sp³-hybridized carbons (Fsp3) is 0.381. The van der Waals surface area contributed by atoms with E-state index in [0.29, 0.717) is 24.3 Å². The van der Waals surface area contributed by atoms with Crippen LogP contribution in [-0.4, -0.2) is 36.8 Å². The second kappa shape index (κ2) is 7.04. The van der Waals surface area contributed by atoms with Crippen molar-refractivity contribution in [1.29, 1.82) is 0 Å². The smallest absolute Gasteiger partial charge is 0.290 e. The van der Waals surface area contributed by atoms with Crippen molar-refractivity contribution >= 4 is 38.1 Å². The molecule has 1 amide bonds. The topological polar surface area (TPSA) is 67.6 Å². The molecular weight excluding hydrogens is 394 g/mol. The molecule has 1 aromatic carbocycles. The van der Waals surface area contributed by atoms with Gasteiger partial charge in [-0.25, -0.2) is 8.42 Å². The Balaban J connectivity index is 1.74. The maximum absolute atomic E-state index is 13.5. The number of aryl methyl sites for hydroxylation is 3. The number of thiophene rings is 1. The summed E-state index contributed by atoms with van der Waals surface area (Å²) in [5.41, 5.74) is 3.66. The molecule has 28 heavy (non-hydrogen) atoms. The first-order valence-corrected chi connectivity index (χ1v) is 12.0. The predicted octanol–water partition coefficient (Wildman–Crippen LogP) is 4.25. The lowest BCUT2D eigenvalue weighted by Crippen LogP contribution is -2.40. The molecule has 1 aliphatic rings. The van der Waals surface area contributed by atoms with Crippen LogP contribution in [0.4, 0.5) is 0 Å². The van der Waals surface area contributed by atoms with Crippen LogP contribution in [0.3, 0.4) is 0 Å². The molecular formula is C21H23NO4S2. The Hall–Kier alpha value is -2.12. The summed E-state index contributed by atoms with van der Waals surface area (Å²) in [7, 11) is -3.11. The molecule has 4 rings (SSSR count). The van der Waals surface area contributed by atoms with Crippen LogP contribution in [0.25, 0.3) is 11.0 Å². The molecule has 5 nitrogen and oxygen atoms in total. The number of amides is 1. The van der Waals surface area contributed by atoms with Crippen LogP contribution < -0.4 is 0 Å². The lowest BCUT2D eigenvalue weighted by molar-refractivity contribution is 0.0651. The number of sulfone groups is 1. The van der Waals surface area contributed by atoms with E-state index in [1.54, 1.807) is 16.2 Å². The third-order valence-electron chi connectivity index (χ3n) is 5.48. The molecule has 0 bridgehead atoms. The average Bonchev–Trinajstić information content (AvgIpc) is 3.30. The normalized spacial score (nSPS) is 18.6. The van der Waals surface area contributed by atoms with Gasteiger partial charge in [0.2, 0.25) is 0 Å². The van der Waals surface area contributed by atoms with Gasteiger partial charge in [-0.15, -0.1) is 11.3 Å². The van der Waals surface area contributed by atoms with Gasteiger partial charge in [0.25, 0.3) is 5.91 Å². The van der Waals surface area contributed by atoms with Gasteiger partial charge in [0, 0.05) is 21.9 Å². The molecule has 3 heterocycles. The van der Waals surface area contributed by atoms with E-state index in [-0.39, 0.29) is 23.5 Å². The van der Waals surface area contributed by atoms with Gasteiger partial charge in [0.15, 0.2) is 15.6 Å². The second-order valence-corrected chi connectivity index (χ2v) is 10.8. The van der Waals surface area contributed by atoms with Crippen LogP contribution in [0.1, 0.15) is 38.5 Å². The number of furan rings is 1. The highest BCUT2D eigenvalue weighted by Gasteiger charge is 2.37. The minimum atomic E-state index is -3.11. The Morgan fingerprint density at radius 2 is 2.04 bits per heavy atom. The van der Waals surface area contributed by atoms with Gasteiger partial charge in [0.1, 0.15) is 5.58 Å². The summed E-state index contributed by atoms with van der Waals surface area (Å²) < 4.78 is 30.1. The standard InChI is InChI=1S/C21H23NO4S2/c1-13-4-5-17-15(3)20(26-18(17)10-13)21(23)22(11-19-14(2)6-8-27-19)16-7-9-28(24,25)12-16/h4-6,8,10,16H,7,9,11-12H2,1-3H3/t16-/m1/s1. The van der Waals surface area contributed by atoms with Gasteiger partial charge < -0.3 is 9.32 Å². The highest BCUT2D eigenvalue weighted by atomic mass is 32.2. The van der Waals surface area contributed by atoms with Crippen LogP contribution in [0.15, 0.2) is 34.1 Å². The van der Waals surface area contributed by atoms with E-state index in [1.807, 2.05) is 50.4 Å². The monoisotopic (exact) mass is 417 g/mol. The molecule has 0 saturated carbocycles. The van der Waals surface area contributed by atoms with Gasteiger partial charge in [0.05, 0.1) is 18.1 Å². The first kappa shape index (κ1) is 19.2. The van der Waals surface area contributed by atoms with Crippen molar-refractivity contribution in [3.05, 3.63) is 57.0 Å². The lowest BCUT2D eigenvalue weighted by Gasteiger charge is -2.27. The summed E-state index contributed by atoms with van der Waals surface area (Å²) in [5, 5.41) is 2.91. The zero-order valence-corrected chi connectivity index (χ0v) is 17.8. The summed E-state index contributed by atoms with van der Waals surface area (Å²) in [6.45, 7) is 6.27. The van der Waals surface area contributed by atoms with Gasteiger partial charge in [-0.1, -0.05) is 12.1 Å². The fourth-order valence-corrected chi connectivity index (χ4v) is 6.41. The SMILES string of the molecule is Cc1ccc2c(C)c(C(=O)N(Cc3sccc3C)[C@@H]3CCS(=O)(=O)C3)oc2c1. The minimum absolute atomic E-state index is 0.0154. The molecule has 1 aliphatic heterocycles. The molecule has 148 valence electrons. The van der Waals surface area contributed by atoms with Crippen LogP contribution in [-0.2, 0) is 16.4 Å². The Labute approximate surface area is 168 Å². The molecule has 1 fully saturated rings. The Morgan fingerprint density at radius 1 is 1.25 bits per heavy atom. The maximum atomic E-state index is 13.5. The summed E-state index contributed by atoms with van der Waals surface area (Å²) in [6.07, 6.45) is 0.469. The van der Waals surface area contributed by atoms with Crippen molar-refractivity contribution in [3.63, 3.8) is 0 Å². The van der Waals surface area contributed by atoms with Crippen molar-refractivity contribution in [2.24, 2.45) is 0 Å². The van der Waals surface area contributed by atoms with E-state index in [2.05, 4.69) is 0 Å². The van der Waals surface area contributed by atoms with E-state index in [9.17, 15) is 13.2 Å². The third kappa shape index (κ3) is 3.49. The first-order valence-electron chi connectivity index (χ1n) is 9.29. The number of fused-ring (bicyclic) bond motifs is 1. The number of benzene rings is 1. The van der Waals surface area contributed by atoms with E-state index in [4.69, 9.17) is 4.42 Å². The van der Waals surface area contributed by atoms with Crippen molar-refractivity contribution in [2.45, 2.75) is 39.8 Å². The predicted molar refractivity (Wildman–Crippen MR) is 112 cm³/mol. The fourth-order valence-electron chi connectivity index (χ4n) is 3.78. The summed E-state index contributed by atoms with van der Waals surface area (Å²) in [5.74, 6) is 0.213. The number of carbonyl (C=O) groups is 1. The number of carbonyl (C=O) groups excluding carboxylic acids is 1. The van der Waals surface area contributed by atoms with Crippen molar-refractivity contribution in [3.8, 4) is 0 Å². The molecule has 0 aliphatic carbocycles. The lowest BCUT2D eigenvalue weighted by atomic mass is 10.1. The third-order valence-corrected chi connectivity index (χ3v) is 8.24. The number of rotatable bonds is 4. The van der Waals surface area contributed by atoms with Crippen molar-refractivity contribution in [1.82, 2.24) is 4.90 Å². The van der Waals surface area contributed by atoms with E-state index in [0.717, 1.165) is 27.0 Å². The maximum Gasteiger partial charge on any atom is 0.290 e. The second-order valence-electron chi connectivity index (χ2n) is 7.57. The number of nitrogens with zero attached hydrogens (tertiary/aromatic N) is 1. The van der Waals surface area contributed by atoms with Gasteiger partial charge in [-0.3, -0.25) is 4.79 Å². The Kier molecular flexibility index (Phi) is 4.83. The Morgan fingerprint density at radius 3 is 2.68 bits per heavy atom. The van der Waals surface area contributed by atoms with Crippen molar-refractivity contribution < 1.29 is 17.6 Å². The molecule has 0 N–H and O–H groups in total. The Bertz CT molecular complexity index is 1160. The zero-order valence-electron chi connectivity index (χ0n) is 16.2. The first-order chi connectivity index (χ1) is 13.2. The van der Waals surface area contributed by atoms with Crippen LogP contribution in [0.2, 0.25) is 0 Å². The summed E-state index contributed by atoms with van der Waals surface area (Å²) in [4.78, 5) is 16.3. The number of hydrogen-bond acceptors (Lipinski definition) is 5. The average molecular weight is 418 g/mol. The van der Waals surface area contributed by atoms with Crippen LogP contribution in [0, 0.1) is 20.8 Å². The van der Waals surface area contributed by atoms with E-state index < -0.39 is 9.84 Å². The molecule has 2 aromatic heterocycles. The highest BCUT2D eigenvalue weighted by Crippen LogP contribution is 2.30. The summed E-state index contributed by atoms with van der Waals surface area (Å²) >= 11 is 1.59. The largest absolute Gasteiger partial charge is 0.451 e. The molecule has 1 saturated heterocycles. The molecule has 0 unspecified atom stereocenters. The van der Waals surface area contributed by atoms with Gasteiger partial charge >= 0.3 is 0 Å². The minimum Gasteiger partial charge on any atom is -0.451 e. The van der Waals surface area contributed by atoms with E-state index in [1.165, 1.54) is 0 Å². The van der Waals surface area contributed by atoms with Gasteiger partial charge in [-0.05, 0) is 55.8 Å². The summed E-state index contributed by atoms with van der Waals surface area (Å²) in [6, 6.07) is 7.58. The molecule has 1 atom stereocenters. The van der Waals surface area contributed by atoms with Crippen LogP contribution in [0.5, 0.6) is 0 Å². The molecule has 7 heteroatoms. The zero-order chi connectivity index (χ0) is 20.1. The number of hydrogen-bond donors (Lipinski definition) is 0. The quantitative estimate of drug-likeness (QED) is 0.636. The van der Waals surface area contributed by atoms with Crippen molar-refractivity contribution in [2.75, 3.05) is 11.5 Å².